The molecule has 1 aliphatic rings. The lowest BCUT2D eigenvalue weighted by atomic mass is 10.1. The van der Waals surface area contributed by atoms with Gasteiger partial charge < -0.3 is 5.32 Å². The highest BCUT2D eigenvalue weighted by atomic mass is 32.2. The summed E-state index contributed by atoms with van der Waals surface area (Å²) in [6.07, 6.45) is 5.00. The summed E-state index contributed by atoms with van der Waals surface area (Å²) in [5, 5.41) is 3.41. The van der Waals surface area contributed by atoms with Crippen LogP contribution in [0, 0.1) is 5.92 Å². The van der Waals surface area contributed by atoms with E-state index in [1.54, 1.807) is 0 Å². The van der Waals surface area contributed by atoms with Crippen LogP contribution in [0.15, 0.2) is 0 Å². The lowest BCUT2D eigenvalue weighted by Crippen LogP contribution is -2.41. The highest BCUT2D eigenvalue weighted by molar-refractivity contribution is 7.90. The number of nitrogens with one attached hydrogen (secondary N) is 1. The maximum atomic E-state index is 11.1. The van der Waals surface area contributed by atoms with Gasteiger partial charge in [-0.1, -0.05) is 6.92 Å². The minimum atomic E-state index is -2.84. The summed E-state index contributed by atoms with van der Waals surface area (Å²) < 4.78 is 22.1. The Labute approximate surface area is 87.2 Å². The van der Waals surface area contributed by atoms with Crippen molar-refractivity contribution in [3.05, 3.63) is 0 Å². The van der Waals surface area contributed by atoms with Gasteiger partial charge in [-0.15, -0.1) is 0 Å². The molecule has 1 rings (SSSR count). The lowest BCUT2D eigenvalue weighted by molar-refractivity contribution is 0.412. The minimum absolute atomic E-state index is 0.0792. The Bertz CT molecular complexity index is 270. The van der Waals surface area contributed by atoms with Gasteiger partial charge in [0.2, 0.25) is 0 Å². The predicted octanol–water partition coefficient (Wildman–Crippen LogP) is 1.20. The predicted molar refractivity (Wildman–Crippen MR) is 59.1 cm³/mol. The average Bonchev–Trinajstić information content (AvgIpc) is 2.78. The zero-order valence-corrected chi connectivity index (χ0v) is 10.1. The van der Waals surface area contributed by atoms with Gasteiger partial charge in [0.05, 0.1) is 5.75 Å². The Morgan fingerprint density at radius 1 is 1.43 bits per heavy atom. The van der Waals surface area contributed by atoms with E-state index in [1.165, 1.54) is 19.1 Å². The molecule has 1 saturated carbocycles. The van der Waals surface area contributed by atoms with Crippen LogP contribution in [0.3, 0.4) is 0 Å². The van der Waals surface area contributed by atoms with Crippen molar-refractivity contribution in [1.82, 2.24) is 5.32 Å². The van der Waals surface area contributed by atoms with Crippen molar-refractivity contribution in [2.24, 2.45) is 5.92 Å². The van der Waals surface area contributed by atoms with Gasteiger partial charge in [-0.25, -0.2) is 8.42 Å². The van der Waals surface area contributed by atoms with Crippen LogP contribution in [-0.4, -0.2) is 32.5 Å². The first-order valence-electron chi connectivity index (χ1n) is 5.36. The standard InChI is InChI=1S/C10H21NO2S/c1-4-10(9-5-6-9)11-8(2)7-14(3,12)13/h8-11H,4-7H2,1-3H3. The maximum Gasteiger partial charge on any atom is 0.148 e. The average molecular weight is 219 g/mol. The first-order chi connectivity index (χ1) is 6.42. The number of hydrogen-bond donors (Lipinski definition) is 1. The van der Waals surface area contributed by atoms with E-state index in [4.69, 9.17) is 0 Å². The number of rotatable bonds is 6. The third-order valence-corrected chi connectivity index (χ3v) is 3.79. The Morgan fingerprint density at radius 2 is 2.00 bits per heavy atom. The molecule has 0 radical (unpaired) electrons. The molecule has 1 fully saturated rings. The molecule has 2 atom stereocenters. The second-order valence-corrected chi connectivity index (χ2v) is 6.70. The fraction of sp³-hybridized carbons (Fsp3) is 1.00. The smallest absolute Gasteiger partial charge is 0.148 e. The number of hydrogen-bond acceptors (Lipinski definition) is 3. The molecule has 14 heavy (non-hydrogen) atoms. The summed E-state index contributed by atoms with van der Waals surface area (Å²) in [6, 6.07) is 0.599. The fourth-order valence-corrected chi connectivity index (χ4v) is 2.96. The van der Waals surface area contributed by atoms with Gasteiger partial charge in [-0.2, -0.15) is 0 Å². The zero-order valence-electron chi connectivity index (χ0n) is 9.29. The van der Waals surface area contributed by atoms with E-state index in [1.807, 2.05) is 6.92 Å². The van der Waals surface area contributed by atoms with Crippen LogP contribution in [0.25, 0.3) is 0 Å². The van der Waals surface area contributed by atoms with Crippen LogP contribution in [0.1, 0.15) is 33.1 Å². The fourth-order valence-electron chi connectivity index (χ4n) is 1.95. The van der Waals surface area contributed by atoms with E-state index in [9.17, 15) is 8.42 Å². The highest BCUT2D eigenvalue weighted by Gasteiger charge is 2.30. The Hall–Kier alpha value is -0.0900. The van der Waals surface area contributed by atoms with Gasteiger partial charge >= 0.3 is 0 Å². The van der Waals surface area contributed by atoms with Crippen molar-refractivity contribution in [3.63, 3.8) is 0 Å². The third kappa shape index (κ3) is 4.42. The Kier molecular flexibility index (Phi) is 3.95. The normalized spacial score (nSPS) is 21.9. The van der Waals surface area contributed by atoms with Crippen LogP contribution < -0.4 is 5.32 Å². The molecule has 0 bridgehead atoms. The molecule has 1 N–H and O–H groups in total. The van der Waals surface area contributed by atoms with Gasteiger partial charge in [-0.05, 0) is 32.1 Å². The maximum absolute atomic E-state index is 11.1. The van der Waals surface area contributed by atoms with Crippen molar-refractivity contribution < 1.29 is 8.42 Å². The summed E-state index contributed by atoms with van der Waals surface area (Å²) >= 11 is 0. The second-order valence-electron chi connectivity index (χ2n) is 4.51. The Morgan fingerprint density at radius 3 is 2.36 bits per heavy atom. The molecule has 0 aromatic heterocycles. The highest BCUT2D eigenvalue weighted by Crippen LogP contribution is 2.34. The van der Waals surface area contributed by atoms with Gasteiger partial charge in [0, 0.05) is 18.3 Å². The molecule has 84 valence electrons. The molecule has 0 heterocycles. The summed E-state index contributed by atoms with van der Waals surface area (Å²) in [7, 11) is -2.84. The molecular weight excluding hydrogens is 198 g/mol. The quantitative estimate of drug-likeness (QED) is 0.730. The SMILES string of the molecule is CCC(NC(C)CS(C)(=O)=O)C1CC1. The van der Waals surface area contributed by atoms with Crippen molar-refractivity contribution in [2.75, 3.05) is 12.0 Å². The molecule has 2 unspecified atom stereocenters. The van der Waals surface area contributed by atoms with E-state index < -0.39 is 9.84 Å². The van der Waals surface area contributed by atoms with Crippen LogP contribution in [-0.2, 0) is 9.84 Å². The topological polar surface area (TPSA) is 46.2 Å². The van der Waals surface area contributed by atoms with Crippen LogP contribution >= 0.6 is 0 Å². The second kappa shape index (κ2) is 4.62. The zero-order chi connectivity index (χ0) is 10.8. The molecular formula is C10H21NO2S. The molecule has 0 aliphatic heterocycles. The van der Waals surface area contributed by atoms with E-state index in [0.29, 0.717) is 6.04 Å². The van der Waals surface area contributed by atoms with Crippen molar-refractivity contribution in [1.29, 1.82) is 0 Å². The first-order valence-corrected chi connectivity index (χ1v) is 7.42. The van der Waals surface area contributed by atoms with Crippen LogP contribution in [0.5, 0.6) is 0 Å². The molecule has 0 aromatic carbocycles. The molecule has 0 saturated heterocycles. The van der Waals surface area contributed by atoms with E-state index in [-0.39, 0.29) is 11.8 Å². The van der Waals surface area contributed by atoms with Gasteiger partial charge in [0.1, 0.15) is 9.84 Å². The molecule has 4 heteroatoms. The van der Waals surface area contributed by atoms with Crippen molar-refractivity contribution >= 4 is 9.84 Å². The summed E-state index contributed by atoms with van der Waals surface area (Å²) in [6.45, 7) is 4.11. The first kappa shape index (κ1) is 12.0. The summed E-state index contributed by atoms with van der Waals surface area (Å²) in [5.41, 5.74) is 0. The Balaban J connectivity index is 2.34. The van der Waals surface area contributed by atoms with Crippen molar-refractivity contribution in [3.8, 4) is 0 Å². The molecule has 0 amide bonds. The third-order valence-electron chi connectivity index (χ3n) is 2.68. The largest absolute Gasteiger partial charge is 0.310 e. The van der Waals surface area contributed by atoms with Crippen LogP contribution in [0.4, 0.5) is 0 Å². The summed E-state index contributed by atoms with van der Waals surface area (Å²) in [4.78, 5) is 0. The monoisotopic (exact) mass is 219 g/mol. The van der Waals surface area contributed by atoms with Gasteiger partial charge in [0.25, 0.3) is 0 Å². The number of sulfone groups is 1. The lowest BCUT2D eigenvalue weighted by Gasteiger charge is -2.21. The summed E-state index contributed by atoms with van der Waals surface area (Å²) in [5.74, 6) is 1.04. The van der Waals surface area contributed by atoms with Gasteiger partial charge in [0.15, 0.2) is 0 Å². The van der Waals surface area contributed by atoms with E-state index in [0.717, 1.165) is 12.3 Å². The molecule has 3 nitrogen and oxygen atoms in total. The molecule has 0 aromatic rings. The minimum Gasteiger partial charge on any atom is -0.310 e. The van der Waals surface area contributed by atoms with Crippen LogP contribution in [0.2, 0.25) is 0 Å². The molecule has 1 aliphatic carbocycles. The van der Waals surface area contributed by atoms with Crippen molar-refractivity contribution in [2.45, 2.75) is 45.2 Å². The van der Waals surface area contributed by atoms with E-state index >= 15 is 0 Å². The molecule has 0 spiro atoms. The van der Waals surface area contributed by atoms with E-state index in [2.05, 4.69) is 12.2 Å². The van der Waals surface area contributed by atoms with Gasteiger partial charge in [-0.3, -0.25) is 0 Å².